The molecule has 0 radical (unpaired) electrons. The molecule has 0 fully saturated rings. The van der Waals surface area contributed by atoms with Crippen molar-refractivity contribution in [3.63, 3.8) is 0 Å². The van der Waals surface area contributed by atoms with Crippen LogP contribution < -0.4 is 5.32 Å². The summed E-state index contributed by atoms with van der Waals surface area (Å²) in [7, 11) is 0. The fraction of sp³-hybridized carbons (Fsp3) is 0.0455. The number of hydrogen-bond acceptors (Lipinski definition) is 2. The van der Waals surface area contributed by atoms with Crippen LogP contribution in [-0.4, -0.2) is 5.91 Å². The number of nitrogens with one attached hydrogen (secondary N) is 1. The van der Waals surface area contributed by atoms with Gasteiger partial charge in [-0.15, -0.1) is 11.3 Å². The molecule has 0 spiro atoms. The van der Waals surface area contributed by atoms with Gasteiger partial charge in [-0.2, -0.15) is 0 Å². The minimum atomic E-state index is -0.174. The van der Waals surface area contributed by atoms with Gasteiger partial charge >= 0.3 is 0 Å². The van der Waals surface area contributed by atoms with Crippen LogP contribution in [0.2, 0.25) is 5.02 Å². The van der Waals surface area contributed by atoms with E-state index in [1.54, 1.807) is 0 Å². The predicted molar refractivity (Wildman–Crippen MR) is 110 cm³/mol. The van der Waals surface area contributed by atoms with Crippen LogP contribution >= 0.6 is 22.9 Å². The van der Waals surface area contributed by atoms with Crippen LogP contribution in [0.3, 0.4) is 0 Å². The van der Waals surface area contributed by atoms with Gasteiger partial charge in [0.25, 0.3) is 5.91 Å². The van der Waals surface area contributed by atoms with Crippen LogP contribution in [0.5, 0.6) is 0 Å². The van der Waals surface area contributed by atoms with Gasteiger partial charge < -0.3 is 5.32 Å². The van der Waals surface area contributed by atoms with Crippen LogP contribution in [0.4, 0.5) is 5.69 Å². The van der Waals surface area contributed by atoms with Crippen molar-refractivity contribution in [2.24, 2.45) is 0 Å². The van der Waals surface area contributed by atoms with E-state index in [1.807, 2.05) is 66.7 Å². The summed E-state index contributed by atoms with van der Waals surface area (Å²) in [6, 6.07) is 26.0. The Morgan fingerprint density at radius 3 is 2.23 bits per heavy atom. The van der Waals surface area contributed by atoms with E-state index < -0.39 is 0 Å². The zero-order valence-electron chi connectivity index (χ0n) is 13.9. The van der Waals surface area contributed by atoms with E-state index in [-0.39, 0.29) is 5.91 Å². The number of halogens is 1. The van der Waals surface area contributed by atoms with Crippen molar-refractivity contribution in [1.29, 1.82) is 0 Å². The summed E-state index contributed by atoms with van der Waals surface area (Å²) in [5, 5.41) is 4.37. The summed E-state index contributed by atoms with van der Waals surface area (Å²) >= 11 is 7.80. The quantitative estimate of drug-likeness (QED) is 0.438. The minimum absolute atomic E-state index is 0.174. The van der Waals surface area contributed by atoms with Crippen LogP contribution in [0, 0.1) is 0 Å². The lowest BCUT2D eigenvalue weighted by molar-refractivity contribution is 0.103. The molecule has 0 saturated carbocycles. The van der Waals surface area contributed by atoms with Crippen LogP contribution in [0.25, 0.3) is 10.1 Å². The monoisotopic (exact) mass is 377 g/mol. The van der Waals surface area contributed by atoms with Crippen molar-refractivity contribution in [2.45, 2.75) is 6.42 Å². The van der Waals surface area contributed by atoms with Crippen LogP contribution in [0.15, 0.2) is 78.9 Å². The number of rotatable bonds is 4. The molecule has 2 nitrogen and oxygen atoms in total. The maximum absolute atomic E-state index is 12.6. The molecule has 1 heterocycles. The zero-order valence-corrected chi connectivity index (χ0v) is 15.5. The molecule has 0 atom stereocenters. The summed E-state index contributed by atoms with van der Waals surface area (Å²) in [6.45, 7) is 0. The Morgan fingerprint density at radius 1 is 0.846 bits per heavy atom. The van der Waals surface area contributed by atoms with E-state index in [4.69, 9.17) is 11.6 Å². The third-order valence-corrected chi connectivity index (χ3v) is 5.88. The van der Waals surface area contributed by atoms with E-state index in [1.165, 1.54) is 22.5 Å². The van der Waals surface area contributed by atoms with Crippen molar-refractivity contribution < 1.29 is 4.79 Å². The second kappa shape index (κ2) is 7.32. The first-order chi connectivity index (χ1) is 12.7. The second-order valence-corrected chi connectivity index (χ2v) is 7.48. The molecule has 0 unspecified atom stereocenters. The molecule has 3 aromatic carbocycles. The first-order valence-corrected chi connectivity index (χ1v) is 9.51. The van der Waals surface area contributed by atoms with E-state index in [2.05, 4.69) is 17.4 Å². The maximum Gasteiger partial charge on any atom is 0.267 e. The lowest BCUT2D eigenvalue weighted by Crippen LogP contribution is -2.10. The normalized spacial score (nSPS) is 10.8. The highest BCUT2D eigenvalue weighted by Crippen LogP contribution is 2.35. The fourth-order valence-corrected chi connectivity index (χ4v) is 4.30. The lowest BCUT2D eigenvalue weighted by atomic mass is 10.0. The third kappa shape index (κ3) is 3.50. The van der Waals surface area contributed by atoms with E-state index >= 15 is 0 Å². The van der Waals surface area contributed by atoms with Gasteiger partial charge in [-0.05, 0) is 35.7 Å². The van der Waals surface area contributed by atoms with Gasteiger partial charge in [0.2, 0.25) is 0 Å². The van der Waals surface area contributed by atoms with E-state index in [0.717, 1.165) is 22.2 Å². The highest BCUT2D eigenvalue weighted by Gasteiger charge is 2.16. The molecule has 0 bridgehead atoms. The average molecular weight is 378 g/mol. The van der Waals surface area contributed by atoms with Crippen molar-refractivity contribution in [3.8, 4) is 0 Å². The number of fused-ring (bicyclic) bond motifs is 1. The second-order valence-electron chi connectivity index (χ2n) is 6.05. The number of hydrogen-bond donors (Lipinski definition) is 1. The molecule has 0 aliphatic rings. The number of carbonyl (C=O) groups excluding carboxylic acids is 1. The lowest BCUT2D eigenvalue weighted by Gasteiger charge is -2.06. The third-order valence-electron chi connectivity index (χ3n) is 4.20. The van der Waals surface area contributed by atoms with Gasteiger partial charge in [0.1, 0.15) is 4.88 Å². The molecule has 0 saturated heterocycles. The van der Waals surface area contributed by atoms with Crippen molar-refractivity contribution in [2.75, 3.05) is 5.32 Å². The molecule has 1 aromatic heterocycles. The summed E-state index contributed by atoms with van der Waals surface area (Å²) < 4.78 is 1.01. The maximum atomic E-state index is 12.6. The molecule has 1 N–H and O–H groups in total. The SMILES string of the molecule is O=C(Nc1ccc(Cc2ccccc2)cc1)c1sc2ccccc2c1Cl. The van der Waals surface area contributed by atoms with Crippen LogP contribution in [0.1, 0.15) is 20.8 Å². The Bertz CT molecular complexity index is 1050. The molecular weight excluding hydrogens is 362 g/mol. The van der Waals surface area contributed by atoms with Crippen LogP contribution in [-0.2, 0) is 6.42 Å². The Kier molecular flexibility index (Phi) is 4.74. The van der Waals surface area contributed by atoms with Crippen molar-refractivity contribution in [3.05, 3.63) is 99.9 Å². The number of thiophene rings is 1. The number of carbonyl (C=O) groups is 1. The molecule has 26 heavy (non-hydrogen) atoms. The number of amides is 1. The van der Waals surface area contributed by atoms with E-state index in [9.17, 15) is 4.79 Å². The molecule has 4 aromatic rings. The Balaban J connectivity index is 1.49. The summed E-state index contributed by atoms with van der Waals surface area (Å²) in [5.74, 6) is -0.174. The number of benzene rings is 3. The number of anilines is 1. The standard InChI is InChI=1S/C22H16ClNOS/c23-20-18-8-4-5-9-19(18)26-21(20)22(25)24-17-12-10-16(11-13-17)14-15-6-2-1-3-7-15/h1-13H,14H2,(H,24,25). The van der Waals surface area contributed by atoms with Gasteiger partial charge in [-0.3, -0.25) is 4.79 Å². The van der Waals surface area contributed by atoms with Crippen molar-refractivity contribution in [1.82, 2.24) is 0 Å². The van der Waals surface area contributed by atoms with Gasteiger partial charge in [0, 0.05) is 15.8 Å². The van der Waals surface area contributed by atoms with Gasteiger partial charge in [-0.25, -0.2) is 0 Å². The van der Waals surface area contributed by atoms with Gasteiger partial charge in [-0.1, -0.05) is 72.3 Å². The highest BCUT2D eigenvalue weighted by molar-refractivity contribution is 7.21. The average Bonchev–Trinajstić information content (AvgIpc) is 3.01. The minimum Gasteiger partial charge on any atom is -0.321 e. The fourth-order valence-electron chi connectivity index (χ4n) is 2.89. The first-order valence-electron chi connectivity index (χ1n) is 8.32. The predicted octanol–water partition coefficient (Wildman–Crippen LogP) is 6.40. The first kappa shape index (κ1) is 16.8. The Labute approximate surface area is 161 Å². The highest BCUT2D eigenvalue weighted by atomic mass is 35.5. The molecule has 0 aliphatic carbocycles. The van der Waals surface area contributed by atoms with Gasteiger partial charge in [0.15, 0.2) is 0 Å². The largest absolute Gasteiger partial charge is 0.321 e. The zero-order chi connectivity index (χ0) is 17.9. The Morgan fingerprint density at radius 2 is 1.50 bits per heavy atom. The summed E-state index contributed by atoms with van der Waals surface area (Å²) in [4.78, 5) is 13.1. The molecule has 4 heteroatoms. The Hall–Kier alpha value is -2.62. The molecule has 128 valence electrons. The van der Waals surface area contributed by atoms with Crippen molar-refractivity contribution >= 4 is 44.6 Å². The summed E-state index contributed by atoms with van der Waals surface area (Å²) in [6.07, 6.45) is 0.872. The molecule has 4 rings (SSSR count). The molecule has 1 amide bonds. The molecular formula is C22H16ClNOS. The summed E-state index contributed by atoms with van der Waals surface area (Å²) in [5.41, 5.74) is 3.23. The smallest absolute Gasteiger partial charge is 0.267 e. The molecule has 0 aliphatic heterocycles. The van der Waals surface area contributed by atoms with Gasteiger partial charge in [0.05, 0.1) is 5.02 Å². The van der Waals surface area contributed by atoms with E-state index in [0.29, 0.717) is 9.90 Å². The topological polar surface area (TPSA) is 29.1 Å².